The van der Waals surface area contributed by atoms with Gasteiger partial charge in [0.25, 0.3) is 15.9 Å². The molecule has 0 aliphatic carbocycles. The first kappa shape index (κ1) is 16.8. The van der Waals surface area contributed by atoms with Crippen LogP contribution in [0.25, 0.3) is 0 Å². The zero-order valence-corrected chi connectivity index (χ0v) is 13.8. The Hall–Kier alpha value is -1.60. The molecule has 0 aliphatic rings. The Balaban J connectivity index is 2.14. The van der Waals surface area contributed by atoms with Gasteiger partial charge in [-0.2, -0.15) is 0 Å². The summed E-state index contributed by atoms with van der Waals surface area (Å²) in [7, 11) is -3.94. The van der Waals surface area contributed by atoms with Crippen molar-refractivity contribution < 1.29 is 13.2 Å². The molecule has 0 saturated carbocycles. The van der Waals surface area contributed by atoms with E-state index in [0.717, 1.165) is 5.56 Å². The van der Waals surface area contributed by atoms with E-state index in [9.17, 15) is 13.2 Å². The Morgan fingerprint density at radius 2 is 1.73 bits per heavy atom. The number of halogens is 2. The summed E-state index contributed by atoms with van der Waals surface area (Å²) in [6.45, 7) is 1.75. The normalized spacial score (nSPS) is 11.2. The van der Waals surface area contributed by atoms with E-state index in [1.54, 1.807) is 31.2 Å². The fourth-order valence-corrected chi connectivity index (χ4v) is 2.94. The molecule has 0 fully saturated rings. The van der Waals surface area contributed by atoms with Crippen LogP contribution in [-0.4, -0.2) is 14.3 Å². The molecule has 0 atom stereocenters. The van der Waals surface area contributed by atoms with Gasteiger partial charge in [0.05, 0.1) is 14.9 Å². The molecule has 0 saturated heterocycles. The maximum absolute atomic E-state index is 12.1. The first-order valence-corrected chi connectivity index (χ1v) is 8.38. The van der Waals surface area contributed by atoms with Gasteiger partial charge in [0.2, 0.25) is 0 Å². The van der Waals surface area contributed by atoms with Crippen LogP contribution in [0.1, 0.15) is 15.9 Å². The summed E-state index contributed by atoms with van der Waals surface area (Å²) in [4.78, 5) is 13.9. The van der Waals surface area contributed by atoms with Crippen LogP contribution in [0, 0.1) is 6.92 Å². The molecule has 2 N–H and O–H groups in total. The van der Waals surface area contributed by atoms with Crippen molar-refractivity contribution in [2.24, 2.45) is 0 Å². The van der Waals surface area contributed by atoms with Crippen LogP contribution in [0.3, 0.4) is 0 Å². The quantitative estimate of drug-likeness (QED) is 0.825. The highest BCUT2D eigenvalue weighted by molar-refractivity contribution is 7.89. The maximum atomic E-state index is 12.1. The zero-order valence-electron chi connectivity index (χ0n) is 11.4. The third-order valence-electron chi connectivity index (χ3n) is 2.89. The summed E-state index contributed by atoms with van der Waals surface area (Å²) in [5.74, 6) is -0.554. The lowest BCUT2D eigenvalue weighted by Crippen LogP contribution is -2.41. The summed E-state index contributed by atoms with van der Waals surface area (Å²) in [5.41, 5.74) is 3.26. The van der Waals surface area contributed by atoms with Crippen molar-refractivity contribution >= 4 is 39.1 Å². The van der Waals surface area contributed by atoms with E-state index in [0.29, 0.717) is 5.56 Å². The van der Waals surface area contributed by atoms with E-state index in [1.807, 2.05) is 4.83 Å². The van der Waals surface area contributed by atoms with Crippen molar-refractivity contribution in [2.45, 2.75) is 11.8 Å². The number of benzene rings is 2. The molecule has 0 unspecified atom stereocenters. The minimum Gasteiger partial charge on any atom is -0.273 e. The third kappa shape index (κ3) is 3.78. The average molecular weight is 359 g/mol. The monoisotopic (exact) mass is 358 g/mol. The van der Waals surface area contributed by atoms with Crippen LogP contribution in [0.4, 0.5) is 0 Å². The maximum Gasteiger partial charge on any atom is 0.266 e. The molecule has 0 heterocycles. The average Bonchev–Trinajstić information content (AvgIpc) is 2.48. The minimum absolute atomic E-state index is 0.105. The number of hydrogen-bond acceptors (Lipinski definition) is 3. The SMILES string of the molecule is Cc1ccccc1C(=O)NNS(=O)(=O)c1ccc(Cl)c(Cl)c1. The Labute approximate surface area is 138 Å². The predicted molar refractivity (Wildman–Crippen MR) is 85.4 cm³/mol. The molecule has 0 bridgehead atoms. The highest BCUT2D eigenvalue weighted by Crippen LogP contribution is 2.24. The number of hydrazine groups is 1. The van der Waals surface area contributed by atoms with Crippen molar-refractivity contribution in [3.8, 4) is 0 Å². The number of aryl methyl sites for hydroxylation is 1. The van der Waals surface area contributed by atoms with Gasteiger partial charge in [0.1, 0.15) is 0 Å². The number of rotatable bonds is 4. The molecule has 2 aromatic carbocycles. The van der Waals surface area contributed by atoms with Gasteiger partial charge in [0.15, 0.2) is 0 Å². The molecule has 5 nitrogen and oxygen atoms in total. The summed E-state index contributed by atoms with van der Waals surface area (Å²) in [6, 6.07) is 10.7. The van der Waals surface area contributed by atoms with Crippen molar-refractivity contribution in [1.29, 1.82) is 0 Å². The van der Waals surface area contributed by atoms with Crippen molar-refractivity contribution in [3.05, 3.63) is 63.6 Å². The molecule has 8 heteroatoms. The van der Waals surface area contributed by atoms with Crippen molar-refractivity contribution in [2.75, 3.05) is 0 Å². The van der Waals surface area contributed by atoms with Gasteiger partial charge in [0, 0.05) is 5.56 Å². The highest BCUT2D eigenvalue weighted by atomic mass is 35.5. The zero-order chi connectivity index (χ0) is 16.3. The van der Waals surface area contributed by atoms with E-state index < -0.39 is 15.9 Å². The summed E-state index contributed by atoms with van der Waals surface area (Å²) in [5, 5.41) is 0.347. The Morgan fingerprint density at radius 1 is 1.05 bits per heavy atom. The van der Waals surface area contributed by atoms with E-state index >= 15 is 0 Å². The highest BCUT2D eigenvalue weighted by Gasteiger charge is 2.17. The number of amides is 1. The van der Waals surface area contributed by atoms with E-state index in [4.69, 9.17) is 23.2 Å². The second-order valence-corrected chi connectivity index (χ2v) is 6.95. The third-order valence-corrected chi connectivity index (χ3v) is 4.87. The van der Waals surface area contributed by atoms with Gasteiger partial charge in [-0.3, -0.25) is 10.2 Å². The van der Waals surface area contributed by atoms with Crippen LogP contribution >= 0.6 is 23.2 Å². The molecule has 0 spiro atoms. The summed E-state index contributed by atoms with van der Waals surface area (Å²) < 4.78 is 24.2. The number of sulfonamides is 1. The molecular weight excluding hydrogens is 347 g/mol. The number of nitrogens with one attached hydrogen (secondary N) is 2. The Bertz CT molecular complexity index is 823. The molecule has 0 aromatic heterocycles. The van der Waals surface area contributed by atoms with E-state index in [-0.39, 0.29) is 14.9 Å². The molecule has 1 amide bonds. The molecule has 22 heavy (non-hydrogen) atoms. The van der Waals surface area contributed by atoms with E-state index in [1.165, 1.54) is 18.2 Å². The molecule has 0 aliphatic heterocycles. The lowest BCUT2D eigenvalue weighted by Gasteiger charge is -2.10. The first-order valence-electron chi connectivity index (χ1n) is 6.14. The smallest absolute Gasteiger partial charge is 0.266 e. The van der Waals surface area contributed by atoms with Crippen molar-refractivity contribution in [1.82, 2.24) is 10.3 Å². The fraction of sp³-hybridized carbons (Fsp3) is 0.0714. The number of hydrogen-bond donors (Lipinski definition) is 2. The fourth-order valence-electron chi connectivity index (χ4n) is 1.71. The Morgan fingerprint density at radius 3 is 2.36 bits per heavy atom. The van der Waals surface area contributed by atoms with Gasteiger partial charge in [-0.25, -0.2) is 8.42 Å². The predicted octanol–water partition coefficient (Wildman–Crippen LogP) is 2.93. The van der Waals surface area contributed by atoms with Gasteiger partial charge in [-0.1, -0.05) is 41.4 Å². The number of carbonyl (C=O) groups excluding carboxylic acids is 1. The van der Waals surface area contributed by atoms with Gasteiger partial charge in [-0.15, -0.1) is 4.83 Å². The molecule has 116 valence electrons. The van der Waals surface area contributed by atoms with Gasteiger partial charge in [-0.05, 0) is 36.8 Å². The van der Waals surface area contributed by atoms with Gasteiger partial charge < -0.3 is 0 Å². The number of carbonyl (C=O) groups is 1. The Kier molecular flexibility index (Phi) is 5.08. The lowest BCUT2D eigenvalue weighted by atomic mass is 10.1. The molecular formula is C14H12Cl2N2O3S. The van der Waals surface area contributed by atoms with Crippen molar-refractivity contribution in [3.63, 3.8) is 0 Å². The largest absolute Gasteiger partial charge is 0.273 e. The molecule has 0 radical (unpaired) electrons. The molecule has 2 rings (SSSR count). The van der Waals surface area contributed by atoms with Crippen LogP contribution in [0.15, 0.2) is 47.4 Å². The molecule has 2 aromatic rings. The minimum atomic E-state index is -3.94. The second kappa shape index (κ2) is 6.66. The topological polar surface area (TPSA) is 75.3 Å². The first-order chi connectivity index (χ1) is 10.3. The van der Waals surface area contributed by atoms with Crippen LogP contribution < -0.4 is 10.3 Å². The van der Waals surface area contributed by atoms with Crippen LogP contribution in [-0.2, 0) is 10.0 Å². The lowest BCUT2D eigenvalue weighted by molar-refractivity contribution is 0.0944. The summed E-state index contributed by atoms with van der Waals surface area (Å²) >= 11 is 11.5. The van der Waals surface area contributed by atoms with E-state index in [2.05, 4.69) is 5.43 Å². The van der Waals surface area contributed by atoms with Crippen LogP contribution in [0.2, 0.25) is 10.0 Å². The second-order valence-electron chi connectivity index (χ2n) is 4.45. The standard InChI is InChI=1S/C14H12Cl2N2O3S/c1-9-4-2-3-5-11(9)14(19)17-18-22(20,21)10-6-7-12(15)13(16)8-10/h2-8,18H,1H3,(H,17,19). The van der Waals surface area contributed by atoms with Crippen LogP contribution in [0.5, 0.6) is 0 Å². The summed E-state index contributed by atoms with van der Waals surface area (Å²) in [6.07, 6.45) is 0. The van der Waals surface area contributed by atoms with Gasteiger partial charge >= 0.3 is 0 Å².